The third-order valence-corrected chi connectivity index (χ3v) is 12.6. The van der Waals surface area contributed by atoms with Crippen molar-refractivity contribution in [2.24, 2.45) is 5.73 Å². The standard InChI is InChI=1S/C50H55NO14/c1-26-43(56)47(60)48(61)49(63-26)65-39-23-35-42(44(57)34(39)21-30-11-7-13-37(36(30)25-53)50(62)16-4-3-5-17-50)46(59)40-31(24-52)22-38(64-27(2)54)33(41(40)45(35)58)15-14-28-9-6-10-29(19-28)20-32(55)12-8-18-51/h6-7,9-11,13-15,19,22-23,25-26,32,43,47-49,52,55-57,60-62H,3-5,8,12,16-18,20-21,24,51H2,1-2H3. The minimum atomic E-state index is -1.83. The van der Waals surface area contributed by atoms with E-state index in [0.29, 0.717) is 61.6 Å². The number of rotatable bonds is 15. The van der Waals surface area contributed by atoms with E-state index >= 15 is 4.79 Å². The number of aromatic hydroxyl groups is 1. The number of phenols is 1. The summed E-state index contributed by atoms with van der Waals surface area (Å²) in [6.07, 6.45) is -0.202. The molecular formula is C50H55NO14. The first-order chi connectivity index (χ1) is 31.1. The molecule has 1 heterocycles. The lowest BCUT2D eigenvalue weighted by molar-refractivity contribution is -0.268. The number of hydrogen-bond acceptors (Lipinski definition) is 15. The summed E-state index contributed by atoms with van der Waals surface area (Å²) < 4.78 is 17.5. The van der Waals surface area contributed by atoms with Gasteiger partial charge >= 0.3 is 5.97 Å². The lowest BCUT2D eigenvalue weighted by Gasteiger charge is -2.39. The first kappa shape index (κ1) is 47.3. The first-order valence-electron chi connectivity index (χ1n) is 21.9. The predicted octanol–water partition coefficient (Wildman–Crippen LogP) is 4.16. The van der Waals surface area contributed by atoms with Crippen molar-refractivity contribution in [3.8, 4) is 17.2 Å². The van der Waals surface area contributed by atoms with Gasteiger partial charge in [0, 0.05) is 46.7 Å². The maximum atomic E-state index is 15.0. The van der Waals surface area contributed by atoms with Gasteiger partial charge in [-0.25, -0.2) is 0 Å². The number of aliphatic hydroxyl groups is 6. The molecule has 1 saturated heterocycles. The van der Waals surface area contributed by atoms with E-state index in [-0.39, 0.29) is 56.9 Å². The number of phenolic OH excluding ortho intramolecular Hbond substituents is 1. The summed E-state index contributed by atoms with van der Waals surface area (Å²) in [4.78, 5) is 55.3. The van der Waals surface area contributed by atoms with Crippen molar-refractivity contribution in [1.29, 1.82) is 0 Å². The maximum absolute atomic E-state index is 15.0. The van der Waals surface area contributed by atoms with Gasteiger partial charge in [0.15, 0.2) is 17.9 Å². The van der Waals surface area contributed by atoms with Crippen LogP contribution in [0.4, 0.5) is 0 Å². The number of hydrogen-bond donors (Lipinski definition) is 8. The first-order valence-corrected chi connectivity index (χ1v) is 21.9. The summed E-state index contributed by atoms with van der Waals surface area (Å²) in [7, 11) is 0. The van der Waals surface area contributed by atoms with Crippen molar-refractivity contribution in [2.75, 3.05) is 6.54 Å². The molecule has 0 aromatic heterocycles. The van der Waals surface area contributed by atoms with E-state index in [0.717, 1.165) is 31.7 Å². The molecule has 0 bridgehead atoms. The van der Waals surface area contributed by atoms with Crippen LogP contribution < -0.4 is 15.2 Å². The van der Waals surface area contributed by atoms with Gasteiger partial charge in [-0.05, 0) is 91.6 Å². The molecule has 0 amide bonds. The van der Waals surface area contributed by atoms with Crippen molar-refractivity contribution in [3.05, 3.63) is 121 Å². The summed E-state index contributed by atoms with van der Waals surface area (Å²) in [5.41, 5.74) is 5.08. The molecular weight excluding hydrogens is 839 g/mol. The van der Waals surface area contributed by atoms with Crippen LogP contribution in [0.2, 0.25) is 0 Å². The molecule has 344 valence electrons. The SMILES string of the molecule is CC(=O)Oc1cc(CO)c2c(c1C=Cc1cccc(CC(O)CCCN)c1)C(=O)c1cc(OC3OC(C)C(O)C(O)C3O)c(Cc3cccc(C4(O)CCCCC4)c3C=O)c(O)c1C2=O. The molecule has 2 aliphatic carbocycles. The van der Waals surface area contributed by atoms with E-state index in [1.54, 1.807) is 36.4 Å². The molecule has 3 aliphatic rings. The molecule has 65 heavy (non-hydrogen) atoms. The molecule has 1 aliphatic heterocycles. The van der Waals surface area contributed by atoms with Crippen LogP contribution in [-0.2, 0) is 34.6 Å². The fraction of sp³-hybridized carbons (Fsp3) is 0.400. The van der Waals surface area contributed by atoms with Gasteiger partial charge in [0.05, 0.1) is 30.0 Å². The van der Waals surface area contributed by atoms with Crippen molar-refractivity contribution >= 4 is 36.0 Å². The molecule has 4 aromatic carbocycles. The Labute approximate surface area is 375 Å². The zero-order chi connectivity index (χ0) is 46.7. The number of fused-ring (bicyclic) bond motifs is 2. The van der Waals surface area contributed by atoms with Crippen molar-refractivity contribution in [3.63, 3.8) is 0 Å². The normalized spacial score (nSPS) is 22.0. The summed E-state index contributed by atoms with van der Waals surface area (Å²) in [5, 5.41) is 77.3. The topological polar surface area (TPSA) is 264 Å². The van der Waals surface area contributed by atoms with Crippen LogP contribution in [0.1, 0.15) is 140 Å². The van der Waals surface area contributed by atoms with Crippen LogP contribution >= 0.6 is 0 Å². The molecule has 15 nitrogen and oxygen atoms in total. The molecule has 1 saturated carbocycles. The maximum Gasteiger partial charge on any atom is 0.308 e. The minimum absolute atomic E-state index is 0.000809. The smallest absolute Gasteiger partial charge is 0.308 e. The molecule has 15 heteroatoms. The minimum Gasteiger partial charge on any atom is -0.507 e. The Kier molecular flexibility index (Phi) is 14.5. The third-order valence-electron chi connectivity index (χ3n) is 12.6. The number of aldehydes is 1. The van der Waals surface area contributed by atoms with E-state index in [1.807, 2.05) is 12.1 Å². The Morgan fingerprint density at radius 2 is 1.65 bits per heavy atom. The van der Waals surface area contributed by atoms with E-state index in [2.05, 4.69) is 0 Å². The molecule has 6 unspecified atom stereocenters. The Morgan fingerprint density at radius 3 is 2.34 bits per heavy atom. The molecule has 4 aromatic rings. The molecule has 6 atom stereocenters. The third kappa shape index (κ3) is 9.55. The van der Waals surface area contributed by atoms with Gasteiger partial charge in [0.2, 0.25) is 6.29 Å². The second kappa shape index (κ2) is 19.9. The zero-order valence-electron chi connectivity index (χ0n) is 36.2. The highest BCUT2D eigenvalue weighted by atomic mass is 16.7. The van der Waals surface area contributed by atoms with Gasteiger partial charge in [-0.2, -0.15) is 0 Å². The van der Waals surface area contributed by atoms with Gasteiger partial charge in [0.25, 0.3) is 0 Å². The number of nitrogens with two attached hydrogens (primary N) is 1. The molecule has 2 fully saturated rings. The van der Waals surface area contributed by atoms with Crippen LogP contribution in [-0.4, -0.2) is 103 Å². The summed E-state index contributed by atoms with van der Waals surface area (Å²) in [5.74, 6) is -3.63. The Hall–Kier alpha value is -5.62. The quantitative estimate of drug-likeness (QED) is 0.0318. The highest BCUT2D eigenvalue weighted by Gasteiger charge is 2.45. The van der Waals surface area contributed by atoms with Gasteiger partial charge in [-0.3, -0.25) is 19.2 Å². The predicted molar refractivity (Wildman–Crippen MR) is 237 cm³/mol. The van der Waals surface area contributed by atoms with Gasteiger partial charge in [-0.15, -0.1) is 0 Å². The van der Waals surface area contributed by atoms with Crippen LogP contribution in [0.5, 0.6) is 17.2 Å². The average molecular weight is 894 g/mol. The second-order valence-corrected chi connectivity index (χ2v) is 17.2. The van der Waals surface area contributed by atoms with Crippen LogP contribution in [0.15, 0.2) is 54.6 Å². The average Bonchev–Trinajstić information content (AvgIpc) is 3.28. The number of esters is 1. The van der Waals surface area contributed by atoms with Crippen molar-refractivity contribution in [1.82, 2.24) is 0 Å². The van der Waals surface area contributed by atoms with E-state index < -0.39 is 77.9 Å². The Morgan fingerprint density at radius 1 is 0.908 bits per heavy atom. The van der Waals surface area contributed by atoms with Crippen molar-refractivity contribution < 1.29 is 69.1 Å². The number of carbonyl (C=O) groups excluding carboxylic acids is 4. The van der Waals surface area contributed by atoms with E-state index in [4.69, 9.17) is 19.9 Å². The van der Waals surface area contributed by atoms with Crippen molar-refractivity contribution in [2.45, 2.75) is 121 Å². The number of ketones is 2. The summed E-state index contributed by atoms with van der Waals surface area (Å²) in [6.45, 7) is 2.26. The summed E-state index contributed by atoms with van der Waals surface area (Å²) >= 11 is 0. The van der Waals surface area contributed by atoms with Crippen LogP contribution in [0.25, 0.3) is 12.2 Å². The van der Waals surface area contributed by atoms with Gasteiger partial charge in [0.1, 0.15) is 35.6 Å². The number of aliphatic hydroxyl groups excluding tert-OH is 5. The summed E-state index contributed by atoms with van der Waals surface area (Å²) in [6, 6.07) is 14.6. The fourth-order valence-electron chi connectivity index (χ4n) is 9.26. The lowest BCUT2D eigenvalue weighted by Crippen LogP contribution is -2.58. The van der Waals surface area contributed by atoms with Gasteiger partial charge in [-0.1, -0.05) is 67.8 Å². The highest BCUT2D eigenvalue weighted by Crippen LogP contribution is 2.46. The molecule has 0 spiro atoms. The van der Waals surface area contributed by atoms with Crippen LogP contribution in [0.3, 0.4) is 0 Å². The Balaban J connectivity index is 1.39. The number of ether oxygens (including phenoxy) is 3. The number of benzene rings is 4. The molecule has 9 N–H and O–H groups in total. The highest BCUT2D eigenvalue weighted by molar-refractivity contribution is 6.31. The largest absolute Gasteiger partial charge is 0.507 e. The van der Waals surface area contributed by atoms with E-state index in [1.165, 1.54) is 25.1 Å². The lowest BCUT2D eigenvalue weighted by atomic mass is 9.76. The zero-order valence-corrected chi connectivity index (χ0v) is 36.2. The Bertz CT molecular complexity index is 2510. The molecule has 0 radical (unpaired) electrons. The van der Waals surface area contributed by atoms with E-state index in [9.17, 15) is 50.1 Å². The fourth-order valence-corrected chi connectivity index (χ4v) is 9.26. The number of carbonyl (C=O) groups is 4. The van der Waals surface area contributed by atoms with Crippen LogP contribution in [0, 0.1) is 0 Å². The second-order valence-electron chi connectivity index (χ2n) is 17.2. The molecule has 7 rings (SSSR count). The monoisotopic (exact) mass is 893 g/mol. The van der Waals surface area contributed by atoms with Gasteiger partial charge < -0.3 is 55.7 Å².